The van der Waals surface area contributed by atoms with Crippen LogP contribution < -0.4 is 10.1 Å². The molecule has 186 valence electrons. The molecule has 0 aliphatic rings. The summed E-state index contributed by atoms with van der Waals surface area (Å²) in [5.41, 5.74) is 1.48. The number of aldehydes is 1. The number of halogens is 2. The first kappa shape index (κ1) is 26.7. The molecule has 1 N–H and O–H groups in total. The summed E-state index contributed by atoms with van der Waals surface area (Å²) in [4.78, 5) is 47.0. The Bertz CT molecular complexity index is 1250. The average Bonchev–Trinajstić information content (AvgIpc) is 2.88. The third-order valence-corrected chi connectivity index (χ3v) is 5.44. The molecule has 0 saturated carbocycles. The van der Waals surface area contributed by atoms with Crippen molar-refractivity contribution in [2.45, 2.75) is 13.5 Å². The summed E-state index contributed by atoms with van der Waals surface area (Å²) in [7, 11) is 1.63. The van der Waals surface area contributed by atoms with Gasteiger partial charge in [0.25, 0.3) is 0 Å². The summed E-state index contributed by atoms with van der Waals surface area (Å²) < 4.78 is 5.68. The molecule has 3 amide bonds. The standard InChI is InChI=1S/C25H23Cl2N5O4/c1-3-31(2)25(35)30-24(32(16-34)14-17-4-7-19(26)8-5-17)28-20-9-11-21(12-10-20)36-23-18(15-33)6-13-22(27)29-23/h4-13,15-16H,3,14H2,1-2H3,(H,28,30,35). The molecule has 1 heterocycles. The fourth-order valence-electron chi connectivity index (χ4n) is 2.87. The van der Waals surface area contributed by atoms with E-state index in [0.717, 1.165) is 5.56 Å². The van der Waals surface area contributed by atoms with E-state index in [1.165, 1.54) is 21.9 Å². The van der Waals surface area contributed by atoms with E-state index in [0.29, 0.717) is 35.7 Å². The fraction of sp³-hybridized carbons (Fsp3) is 0.160. The Labute approximate surface area is 218 Å². The van der Waals surface area contributed by atoms with Crippen LogP contribution in [0.15, 0.2) is 65.7 Å². The number of guanidine groups is 1. The Morgan fingerprint density at radius 1 is 1.06 bits per heavy atom. The van der Waals surface area contributed by atoms with E-state index in [1.807, 2.05) is 6.92 Å². The van der Waals surface area contributed by atoms with Crippen molar-refractivity contribution in [3.05, 3.63) is 82.0 Å². The van der Waals surface area contributed by atoms with Crippen molar-refractivity contribution in [2.75, 3.05) is 13.6 Å². The number of aromatic nitrogens is 1. The molecule has 11 heteroatoms. The van der Waals surface area contributed by atoms with E-state index in [9.17, 15) is 14.4 Å². The molecule has 0 saturated heterocycles. The van der Waals surface area contributed by atoms with Gasteiger partial charge in [0, 0.05) is 18.6 Å². The third kappa shape index (κ3) is 7.27. The van der Waals surface area contributed by atoms with Crippen molar-refractivity contribution in [2.24, 2.45) is 4.99 Å². The molecular weight excluding hydrogens is 505 g/mol. The number of amides is 3. The Morgan fingerprint density at radius 3 is 2.36 bits per heavy atom. The topological polar surface area (TPSA) is 104 Å². The molecule has 9 nitrogen and oxygen atoms in total. The van der Waals surface area contributed by atoms with Crippen molar-refractivity contribution in [3.8, 4) is 11.6 Å². The lowest BCUT2D eigenvalue weighted by atomic mass is 10.2. The monoisotopic (exact) mass is 527 g/mol. The van der Waals surface area contributed by atoms with Gasteiger partial charge in [-0.1, -0.05) is 35.3 Å². The molecule has 36 heavy (non-hydrogen) atoms. The second-order valence-electron chi connectivity index (χ2n) is 7.48. The zero-order chi connectivity index (χ0) is 26.1. The van der Waals surface area contributed by atoms with Crippen LogP contribution in [0.4, 0.5) is 10.5 Å². The molecule has 0 atom stereocenters. The number of nitrogens with one attached hydrogen (secondary N) is 1. The van der Waals surface area contributed by atoms with E-state index in [1.54, 1.807) is 55.6 Å². The minimum Gasteiger partial charge on any atom is -0.438 e. The van der Waals surface area contributed by atoms with Crippen LogP contribution in [0.2, 0.25) is 10.2 Å². The number of pyridine rings is 1. The Morgan fingerprint density at radius 2 is 1.75 bits per heavy atom. The number of hydrogen-bond donors (Lipinski definition) is 1. The highest BCUT2D eigenvalue weighted by molar-refractivity contribution is 6.30. The molecular formula is C25H23Cl2N5O4. The average molecular weight is 528 g/mol. The summed E-state index contributed by atoms with van der Waals surface area (Å²) >= 11 is 11.9. The highest BCUT2D eigenvalue weighted by atomic mass is 35.5. The molecule has 0 bridgehead atoms. The van der Waals surface area contributed by atoms with Crippen LogP contribution in [0.3, 0.4) is 0 Å². The van der Waals surface area contributed by atoms with E-state index in [2.05, 4.69) is 15.3 Å². The van der Waals surface area contributed by atoms with Crippen LogP contribution in [0.5, 0.6) is 11.6 Å². The number of urea groups is 1. The van der Waals surface area contributed by atoms with Crippen LogP contribution in [0, 0.1) is 0 Å². The first-order valence-electron chi connectivity index (χ1n) is 10.8. The minimum atomic E-state index is -0.424. The predicted octanol–water partition coefficient (Wildman–Crippen LogP) is 5.30. The Hall–Kier alpha value is -3.95. The van der Waals surface area contributed by atoms with Gasteiger partial charge in [-0.2, -0.15) is 0 Å². The van der Waals surface area contributed by atoms with Crippen molar-refractivity contribution in [1.82, 2.24) is 20.1 Å². The number of rotatable bonds is 8. The van der Waals surface area contributed by atoms with Gasteiger partial charge < -0.3 is 9.64 Å². The molecule has 0 aliphatic carbocycles. The number of carbonyl (C=O) groups excluding carboxylic acids is 3. The van der Waals surface area contributed by atoms with Gasteiger partial charge in [0.15, 0.2) is 6.29 Å². The minimum absolute atomic E-state index is 0.0404. The highest BCUT2D eigenvalue weighted by Crippen LogP contribution is 2.26. The molecule has 1 aromatic heterocycles. The zero-order valence-electron chi connectivity index (χ0n) is 19.5. The normalized spacial score (nSPS) is 10.9. The maximum atomic E-state index is 12.5. The van der Waals surface area contributed by atoms with Crippen molar-refractivity contribution in [3.63, 3.8) is 0 Å². The fourth-order valence-corrected chi connectivity index (χ4v) is 3.14. The summed E-state index contributed by atoms with van der Waals surface area (Å²) in [6.07, 6.45) is 1.21. The molecule has 0 radical (unpaired) electrons. The SMILES string of the molecule is CCN(C)C(=O)NC(=Nc1ccc(Oc2nc(Cl)ccc2C=O)cc1)N(C=O)Cc1ccc(Cl)cc1. The van der Waals surface area contributed by atoms with Gasteiger partial charge in [0.05, 0.1) is 17.8 Å². The molecule has 0 unspecified atom stereocenters. The maximum Gasteiger partial charge on any atom is 0.323 e. The molecule has 3 aromatic rings. The number of aliphatic imine (C=N–C) groups is 1. The van der Waals surface area contributed by atoms with Gasteiger partial charge in [-0.3, -0.25) is 19.8 Å². The van der Waals surface area contributed by atoms with Gasteiger partial charge in [0.2, 0.25) is 18.2 Å². The number of carbonyl (C=O) groups is 3. The van der Waals surface area contributed by atoms with Crippen molar-refractivity contribution < 1.29 is 19.1 Å². The Balaban J connectivity index is 1.87. The second kappa shape index (κ2) is 12.7. The summed E-state index contributed by atoms with van der Waals surface area (Å²) in [6, 6.07) is 16.0. The van der Waals surface area contributed by atoms with Crippen LogP contribution >= 0.6 is 23.2 Å². The molecule has 2 aromatic carbocycles. The lowest BCUT2D eigenvalue weighted by Gasteiger charge is -2.23. The van der Waals surface area contributed by atoms with E-state index < -0.39 is 6.03 Å². The first-order chi connectivity index (χ1) is 17.3. The van der Waals surface area contributed by atoms with Gasteiger partial charge >= 0.3 is 6.03 Å². The summed E-state index contributed by atoms with van der Waals surface area (Å²) in [5.74, 6) is 0.495. The summed E-state index contributed by atoms with van der Waals surface area (Å²) in [6.45, 7) is 2.45. The second-order valence-corrected chi connectivity index (χ2v) is 8.31. The van der Waals surface area contributed by atoms with Crippen LogP contribution in [0.1, 0.15) is 22.8 Å². The van der Waals surface area contributed by atoms with Crippen molar-refractivity contribution >= 4 is 53.6 Å². The summed E-state index contributed by atoms with van der Waals surface area (Å²) in [5, 5.41) is 3.44. The first-order valence-corrected chi connectivity index (χ1v) is 11.5. The largest absolute Gasteiger partial charge is 0.438 e. The van der Waals surface area contributed by atoms with Crippen LogP contribution in [0.25, 0.3) is 0 Å². The zero-order valence-corrected chi connectivity index (χ0v) is 21.0. The lowest BCUT2D eigenvalue weighted by molar-refractivity contribution is -0.115. The number of nitrogens with zero attached hydrogens (tertiary/aromatic N) is 4. The maximum absolute atomic E-state index is 12.5. The highest BCUT2D eigenvalue weighted by Gasteiger charge is 2.17. The quantitative estimate of drug-likeness (QED) is 0.185. The molecule has 0 spiro atoms. The molecule has 0 aliphatic heterocycles. The number of ether oxygens (including phenoxy) is 1. The lowest BCUT2D eigenvalue weighted by Crippen LogP contribution is -2.47. The predicted molar refractivity (Wildman–Crippen MR) is 138 cm³/mol. The van der Waals surface area contributed by atoms with Gasteiger partial charge in [-0.25, -0.2) is 14.8 Å². The number of hydrogen-bond acceptors (Lipinski definition) is 6. The molecule has 3 rings (SSSR count). The molecule has 0 fully saturated rings. The Kier molecular flexibility index (Phi) is 9.38. The van der Waals surface area contributed by atoms with Crippen LogP contribution in [-0.4, -0.2) is 53.1 Å². The number of benzene rings is 2. The van der Waals surface area contributed by atoms with E-state index in [4.69, 9.17) is 27.9 Å². The van der Waals surface area contributed by atoms with Gasteiger partial charge in [0.1, 0.15) is 10.9 Å². The smallest absolute Gasteiger partial charge is 0.323 e. The van der Waals surface area contributed by atoms with E-state index in [-0.39, 0.29) is 29.1 Å². The van der Waals surface area contributed by atoms with Crippen molar-refractivity contribution in [1.29, 1.82) is 0 Å². The van der Waals surface area contributed by atoms with Gasteiger partial charge in [-0.15, -0.1) is 0 Å². The van der Waals surface area contributed by atoms with Gasteiger partial charge in [-0.05, 0) is 61.0 Å². The van der Waals surface area contributed by atoms with Crippen LogP contribution in [-0.2, 0) is 11.3 Å². The third-order valence-electron chi connectivity index (χ3n) is 4.97. The van der Waals surface area contributed by atoms with E-state index >= 15 is 0 Å².